The maximum atomic E-state index is 13.7. The van der Waals surface area contributed by atoms with Crippen LogP contribution in [0.3, 0.4) is 0 Å². The second-order valence-electron chi connectivity index (χ2n) is 6.30. The Morgan fingerprint density at radius 3 is 2.76 bits per heavy atom. The zero-order valence-electron chi connectivity index (χ0n) is 15.4. The molecule has 4 aromatic rings. The minimum absolute atomic E-state index is 0.0612. The largest absolute Gasteiger partial charge is 0.345 e. The van der Waals surface area contributed by atoms with Gasteiger partial charge in [-0.25, -0.2) is 8.78 Å². The van der Waals surface area contributed by atoms with E-state index in [2.05, 4.69) is 25.7 Å². The van der Waals surface area contributed by atoms with Crippen molar-refractivity contribution in [3.63, 3.8) is 0 Å². The summed E-state index contributed by atoms with van der Waals surface area (Å²) in [6.45, 7) is 1.97. The number of nitrogens with one attached hydrogen (secondary N) is 1. The summed E-state index contributed by atoms with van der Waals surface area (Å²) >= 11 is 0. The molecule has 0 fully saturated rings. The van der Waals surface area contributed by atoms with E-state index < -0.39 is 23.1 Å². The van der Waals surface area contributed by atoms with E-state index in [0.29, 0.717) is 28.8 Å². The van der Waals surface area contributed by atoms with Crippen LogP contribution in [0.25, 0.3) is 17.1 Å². The number of carbonyl (C=O) groups is 1. The van der Waals surface area contributed by atoms with E-state index in [1.165, 1.54) is 6.07 Å². The molecular weight excluding hydrogens is 382 g/mol. The molecule has 1 aromatic carbocycles. The highest BCUT2D eigenvalue weighted by molar-refractivity contribution is 5.94. The highest BCUT2D eigenvalue weighted by Gasteiger charge is 2.18. The van der Waals surface area contributed by atoms with Crippen molar-refractivity contribution in [3.8, 4) is 11.5 Å². The third-order valence-corrected chi connectivity index (χ3v) is 4.27. The van der Waals surface area contributed by atoms with E-state index in [1.54, 1.807) is 22.7 Å². The molecule has 0 aliphatic heterocycles. The fourth-order valence-corrected chi connectivity index (χ4v) is 2.85. The number of aryl methyl sites for hydroxylation is 1. The molecule has 0 aliphatic rings. The molecule has 0 saturated heterocycles. The Bertz CT molecular complexity index is 1170. The van der Waals surface area contributed by atoms with E-state index >= 15 is 0 Å². The molecule has 3 aromatic heterocycles. The Morgan fingerprint density at radius 1 is 1.21 bits per heavy atom. The number of rotatable bonds is 6. The molecule has 10 heteroatoms. The van der Waals surface area contributed by atoms with Crippen molar-refractivity contribution >= 4 is 11.6 Å². The summed E-state index contributed by atoms with van der Waals surface area (Å²) in [6.07, 6.45) is 3.33. The summed E-state index contributed by atoms with van der Waals surface area (Å²) in [5, 5.41) is 14.5. The van der Waals surface area contributed by atoms with Crippen LogP contribution in [0.15, 0.2) is 41.1 Å². The van der Waals surface area contributed by atoms with Gasteiger partial charge in [-0.3, -0.25) is 9.20 Å². The highest BCUT2D eigenvalue weighted by Crippen LogP contribution is 2.19. The summed E-state index contributed by atoms with van der Waals surface area (Å²) in [7, 11) is 0. The maximum absolute atomic E-state index is 13.7. The third kappa shape index (κ3) is 3.68. The number of halogens is 2. The predicted octanol–water partition coefficient (Wildman–Crippen LogP) is 2.94. The van der Waals surface area contributed by atoms with Crippen LogP contribution in [-0.4, -0.2) is 30.6 Å². The summed E-state index contributed by atoms with van der Waals surface area (Å²) < 4.78 is 34.3. The van der Waals surface area contributed by atoms with Crippen molar-refractivity contribution in [1.29, 1.82) is 0 Å². The lowest BCUT2D eigenvalue weighted by molar-refractivity contribution is 0.0941. The molecule has 0 spiro atoms. The van der Waals surface area contributed by atoms with Crippen molar-refractivity contribution in [1.82, 2.24) is 30.1 Å². The van der Waals surface area contributed by atoms with Gasteiger partial charge in [0.2, 0.25) is 0 Å². The average molecular weight is 398 g/mol. The lowest BCUT2D eigenvalue weighted by atomic mass is 10.2. The molecule has 0 saturated carbocycles. The van der Waals surface area contributed by atoms with Crippen LogP contribution in [-0.2, 0) is 13.0 Å². The van der Waals surface area contributed by atoms with Crippen LogP contribution in [0.2, 0.25) is 0 Å². The topological polar surface area (TPSA) is 98.2 Å². The number of benzene rings is 1. The van der Waals surface area contributed by atoms with Crippen molar-refractivity contribution in [3.05, 3.63) is 65.4 Å². The Hall–Kier alpha value is -3.69. The lowest BCUT2D eigenvalue weighted by Gasteiger charge is -2.06. The zero-order chi connectivity index (χ0) is 20.4. The van der Waals surface area contributed by atoms with Crippen molar-refractivity contribution in [2.75, 3.05) is 0 Å². The first-order valence-corrected chi connectivity index (χ1v) is 8.95. The number of pyridine rings is 1. The first-order valence-electron chi connectivity index (χ1n) is 8.95. The number of nitrogens with zero attached hydrogens (tertiary/aromatic N) is 5. The van der Waals surface area contributed by atoms with Gasteiger partial charge in [-0.05, 0) is 30.7 Å². The van der Waals surface area contributed by atoms with Gasteiger partial charge in [0, 0.05) is 18.2 Å². The molecule has 0 unspecified atom stereocenters. The van der Waals surface area contributed by atoms with E-state index in [0.717, 1.165) is 25.0 Å². The van der Waals surface area contributed by atoms with Gasteiger partial charge in [0.25, 0.3) is 11.8 Å². The van der Waals surface area contributed by atoms with Crippen LogP contribution >= 0.6 is 0 Å². The molecule has 0 atom stereocenters. The number of hydrogen-bond donors (Lipinski definition) is 1. The first-order chi connectivity index (χ1) is 14.1. The number of fused-ring (bicyclic) bond motifs is 1. The summed E-state index contributed by atoms with van der Waals surface area (Å²) in [4.78, 5) is 16.5. The summed E-state index contributed by atoms with van der Waals surface area (Å²) in [5.74, 6) is -1.32. The van der Waals surface area contributed by atoms with E-state index in [9.17, 15) is 13.6 Å². The van der Waals surface area contributed by atoms with Crippen LogP contribution in [0.1, 0.15) is 35.4 Å². The van der Waals surface area contributed by atoms with Gasteiger partial charge in [-0.15, -0.1) is 10.2 Å². The van der Waals surface area contributed by atoms with Gasteiger partial charge in [-0.1, -0.05) is 18.1 Å². The van der Waals surface area contributed by atoms with Gasteiger partial charge >= 0.3 is 0 Å². The third-order valence-electron chi connectivity index (χ3n) is 4.27. The van der Waals surface area contributed by atoms with Gasteiger partial charge in [0.15, 0.2) is 17.3 Å². The molecule has 148 valence electrons. The van der Waals surface area contributed by atoms with Gasteiger partial charge in [0.05, 0.1) is 6.54 Å². The lowest BCUT2D eigenvalue weighted by Crippen LogP contribution is -2.26. The van der Waals surface area contributed by atoms with Crippen LogP contribution in [0, 0.1) is 11.6 Å². The molecule has 1 N–H and O–H groups in total. The Kier molecular flexibility index (Phi) is 4.98. The Labute approximate surface area is 163 Å². The Balaban J connectivity index is 1.52. The molecule has 29 heavy (non-hydrogen) atoms. The maximum Gasteiger partial charge on any atom is 0.258 e. The number of amides is 1. The highest BCUT2D eigenvalue weighted by atomic mass is 19.1. The van der Waals surface area contributed by atoms with Crippen LogP contribution < -0.4 is 5.32 Å². The van der Waals surface area contributed by atoms with E-state index in [-0.39, 0.29) is 6.54 Å². The minimum atomic E-state index is -0.930. The van der Waals surface area contributed by atoms with Crippen molar-refractivity contribution in [2.24, 2.45) is 0 Å². The monoisotopic (exact) mass is 398 g/mol. The molecule has 4 rings (SSSR count). The normalized spacial score (nSPS) is 11.1. The predicted molar refractivity (Wildman–Crippen MR) is 97.8 cm³/mol. The molecule has 0 bridgehead atoms. The quantitative estimate of drug-likeness (QED) is 0.536. The molecule has 1 amide bonds. The van der Waals surface area contributed by atoms with Crippen molar-refractivity contribution in [2.45, 2.75) is 26.3 Å². The van der Waals surface area contributed by atoms with Gasteiger partial charge in [0.1, 0.15) is 17.2 Å². The second kappa shape index (κ2) is 7.74. The molecular formula is C19H16F2N6O2. The number of hydrogen-bond acceptors (Lipinski definition) is 6. The van der Waals surface area contributed by atoms with Crippen molar-refractivity contribution < 1.29 is 18.1 Å². The second-order valence-corrected chi connectivity index (χ2v) is 6.30. The molecule has 3 heterocycles. The fourth-order valence-electron chi connectivity index (χ4n) is 2.85. The molecule has 0 aliphatic carbocycles. The molecule has 0 radical (unpaired) electrons. The first kappa shape index (κ1) is 18.7. The molecule has 8 nitrogen and oxygen atoms in total. The summed E-state index contributed by atoms with van der Waals surface area (Å²) in [6, 6.07) is 6.71. The van der Waals surface area contributed by atoms with Crippen LogP contribution in [0.4, 0.5) is 8.78 Å². The number of aromatic nitrogens is 5. The minimum Gasteiger partial charge on any atom is -0.345 e. The van der Waals surface area contributed by atoms with Gasteiger partial charge in [-0.2, -0.15) is 4.98 Å². The Morgan fingerprint density at radius 2 is 2.00 bits per heavy atom. The standard InChI is InChI=1S/C19H16F2N6O2/c1-2-4-14-23-19(29-26-14)11-7-8-27-15(9-11)24-25-16(27)10-22-18(28)17-12(20)5-3-6-13(17)21/h3,5-9H,2,4,10H2,1H3,(H,22,28). The van der Waals surface area contributed by atoms with E-state index in [4.69, 9.17) is 4.52 Å². The number of carbonyl (C=O) groups excluding carboxylic acids is 1. The summed E-state index contributed by atoms with van der Waals surface area (Å²) in [5.41, 5.74) is 0.547. The van der Waals surface area contributed by atoms with Crippen LogP contribution in [0.5, 0.6) is 0 Å². The zero-order valence-corrected chi connectivity index (χ0v) is 15.4. The van der Waals surface area contributed by atoms with E-state index in [1.807, 2.05) is 6.92 Å². The average Bonchev–Trinajstić information content (AvgIpc) is 3.33. The van der Waals surface area contributed by atoms with Gasteiger partial charge < -0.3 is 9.84 Å². The SMILES string of the molecule is CCCc1noc(-c2ccn3c(CNC(=O)c4c(F)cccc4F)nnc3c2)n1. The smallest absolute Gasteiger partial charge is 0.258 e. The fraction of sp³-hybridized carbons (Fsp3) is 0.211.